The van der Waals surface area contributed by atoms with E-state index in [1.807, 2.05) is 0 Å². The van der Waals surface area contributed by atoms with Gasteiger partial charge in [-0.3, -0.25) is 0 Å². The van der Waals surface area contributed by atoms with E-state index in [0.717, 1.165) is 63.7 Å². The molecule has 0 N–H and O–H groups in total. The van der Waals surface area contributed by atoms with Gasteiger partial charge in [0.25, 0.3) is 0 Å². The number of ether oxygens (including phenoxy) is 1. The highest BCUT2D eigenvalue weighted by Crippen LogP contribution is 2.31. The first-order valence-electron chi connectivity index (χ1n) is 10.5. The van der Waals surface area contributed by atoms with Crippen molar-refractivity contribution < 1.29 is 22.7 Å². The number of benzene rings is 1. The molecule has 1 aliphatic carbocycles. The summed E-state index contributed by atoms with van der Waals surface area (Å²) in [6.07, 6.45) is 0.593. The van der Waals surface area contributed by atoms with Crippen LogP contribution in [0.1, 0.15) is 51.0 Å². The number of nitrogens with zero attached hydrogens (tertiary/aromatic N) is 2. The van der Waals surface area contributed by atoms with Crippen molar-refractivity contribution in [3.8, 4) is 17.6 Å². The molecule has 1 aliphatic rings. The first-order valence-corrected chi connectivity index (χ1v) is 10.5. The van der Waals surface area contributed by atoms with Crippen LogP contribution in [0.3, 0.4) is 0 Å². The molecule has 1 aromatic carbocycles. The second kappa shape index (κ2) is 11.3. The van der Waals surface area contributed by atoms with E-state index in [-0.39, 0.29) is 11.8 Å². The molecule has 0 aliphatic heterocycles. The molecule has 0 atom stereocenters. The maximum Gasteiger partial charge on any atom is 0.416 e. The molecule has 1 amide bonds. The maximum atomic E-state index is 12.6. The van der Waals surface area contributed by atoms with Crippen LogP contribution in [-0.4, -0.2) is 49.1 Å². The second-order valence-corrected chi connectivity index (χ2v) is 7.88. The number of halogens is 3. The van der Waals surface area contributed by atoms with Crippen molar-refractivity contribution in [1.82, 2.24) is 9.80 Å². The largest absolute Gasteiger partial charge is 0.416 e. The van der Waals surface area contributed by atoms with Crippen molar-refractivity contribution in [3.05, 3.63) is 29.8 Å². The van der Waals surface area contributed by atoms with Gasteiger partial charge in [0.05, 0.1) is 5.56 Å². The number of hydrogen-bond donors (Lipinski definition) is 0. The molecule has 0 heterocycles. The van der Waals surface area contributed by atoms with Gasteiger partial charge in [0.15, 0.2) is 0 Å². The third-order valence-electron chi connectivity index (χ3n) is 5.45. The summed E-state index contributed by atoms with van der Waals surface area (Å²) in [5.41, 5.74) is -0.771. The molecule has 30 heavy (non-hydrogen) atoms. The minimum atomic E-state index is -4.41. The fourth-order valence-electron chi connectivity index (χ4n) is 3.60. The maximum absolute atomic E-state index is 12.6. The summed E-state index contributed by atoms with van der Waals surface area (Å²) in [5.74, 6) is 7.11. The summed E-state index contributed by atoms with van der Waals surface area (Å²) < 4.78 is 43.1. The number of amides is 1. The van der Waals surface area contributed by atoms with E-state index < -0.39 is 17.8 Å². The van der Waals surface area contributed by atoms with Crippen LogP contribution in [-0.2, 0) is 6.18 Å². The summed E-state index contributed by atoms with van der Waals surface area (Å²) >= 11 is 0. The Labute approximate surface area is 177 Å². The number of hydrogen-bond acceptors (Lipinski definition) is 3. The predicted molar refractivity (Wildman–Crippen MR) is 111 cm³/mol. The first kappa shape index (κ1) is 24.1. The molecule has 0 radical (unpaired) electrons. The van der Waals surface area contributed by atoms with Crippen LogP contribution in [0.4, 0.5) is 18.0 Å². The highest BCUT2D eigenvalue weighted by molar-refractivity contribution is 5.70. The van der Waals surface area contributed by atoms with Crippen molar-refractivity contribution in [2.45, 2.75) is 57.7 Å². The van der Waals surface area contributed by atoms with Gasteiger partial charge in [0.2, 0.25) is 0 Å². The van der Waals surface area contributed by atoms with Gasteiger partial charge < -0.3 is 14.5 Å². The van der Waals surface area contributed by atoms with Gasteiger partial charge in [-0.05, 0) is 70.0 Å². The van der Waals surface area contributed by atoms with E-state index in [1.165, 1.54) is 12.1 Å². The highest BCUT2D eigenvalue weighted by Gasteiger charge is 2.30. The lowest BCUT2D eigenvalue weighted by Crippen LogP contribution is -2.40. The third-order valence-corrected chi connectivity index (χ3v) is 5.45. The topological polar surface area (TPSA) is 32.8 Å². The lowest BCUT2D eigenvalue weighted by atomic mass is 9.86. The minimum absolute atomic E-state index is 0.0562. The number of alkyl halides is 3. The lowest BCUT2D eigenvalue weighted by molar-refractivity contribution is -0.137. The number of carbonyl (C=O) groups excluding carboxylic acids is 1. The first-order chi connectivity index (χ1) is 14.2. The molecule has 0 aromatic heterocycles. The Bertz CT molecular complexity index is 730. The molecule has 0 bridgehead atoms. The van der Waals surface area contributed by atoms with Gasteiger partial charge in [-0.2, -0.15) is 13.2 Å². The van der Waals surface area contributed by atoms with Gasteiger partial charge in [-0.1, -0.05) is 12.8 Å². The fraction of sp³-hybridized carbons (Fsp3) is 0.609. The monoisotopic (exact) mass is 424 g/mol. The zero-order valence-corrected chi connectivity index (χ0v) is 18.0. The molecule has 2 rings (SSSR count). The van der Waals surface area contributed by atoms with Crippen molar-refractivity contribution >= 4 is 6.09 Å². The number of rotatable bonds is 6. The average molecular weight is 425 g/mol. The predicted octanol–water partition coefficient (Wildman–Crippen LogP) is 5.43. The Kier molecular flexibility index (Phi) is 9.04. The quantitative estimate of drug-likeness (QED) is 0.571. The Morgan fingerprint density at radius 2 is 1.73 bits per heavy atom. The normalized spacial score (nSPS) is 19.2. The van der Waals surface area contributed by atoms with Crippen LogP contribution < -0.4 is 4.74 Å². The van der Waals surface area contributed by atoms with Crippen molar-refractivity contribution in [2.24, 2.45) is 5.92 Å². The van der Waals surface area contributed by atoms with E-state index in [9.17, 15) is 18.0 Å². The van der Waals surface area contributed by atoms with Crippen LogP contribution in [0, 0.1) is 17.8 Å². The van der Waals surface area contributed by atoms with E-state index in [2.05, 4.69) is 30.7 Å². The van der Waals surface area contributed by atoms with Crippen LogP contribution in [0.25, 0.3) is 0 Å². The van der Waals surface area contributed by atoms with Gasteiger partial charge in [0.1, 0.15) is 5.75 Å². The summed E-state index contributed by atoms with van der Waals surface area (Å²) in [6, 6.07) is 4.21. The molecule has 1 fully saturated rings. The van der Waals surface area contributed by atoms with Crippen LogP contribution >= 0.6 is 0 Å². The molecule has 166 valence electrons. The molecule has 1 saturated carbocycles. The van der Waals surface area contributed by atoms with Gasteiger partial charge in [0, 0.05) is 32.0 Å². The Morgan fingerprint density at radius 1 is 1.10 bits per heavy atom. The molecule has 0 saturated heterocycles. The summed E-state index contributed by atoms with van der Waals surface area (Å²) in [6.45, 7) is 4.23. The zero-order chi connectivity index (χ0) is 22.1. The Hall–Kier alpha value is -2.20. The molecule has 1 aromatic rings. The van der Waals surface area contributed by atoms with E-state index in [1.54, 1.807) is 11.9 Å². The minimum Gasteiger partial charge on any atom is -0.410 e. The van der Waals surface area contributed by atoms with E-state index >= 15 is 0 Å². The smallest absolute Gasteiger partial charge is 0.410 e. The molecule has 0 spiro atoms. The highest BCUT2D eigenvalue weighted by atomic mass is 19.4. The summed E-state index contributed by atoms with van der Waals surface area (Å²) in [4.78, 5) is 16.2. The Morgan fingerprint density at radius 3 is 2.30 bits per heavy atom. The Balaban J connectivity index is 1.77. The van der Waals surface area contributed by atoms with E-state index in [4.69, 9.17) is 4.74 Å². The number of carbonyl (C=O) groups is 1. The SMILES string of the molecule is CCCN(C)CCC#CC1CCC(N(C)C(=O)Oc2ccc(C(F)(F)F)cc2)CC1. The fourth-order valence-corrected chi connectivity index (χ4v) is 3.60. The molecular formula is C23H31F3N2O2. The third kappa shape index (κ3) is 7.56. The lowest BCUT2D eigenvalue weighted by Gasteiger charge is -2.32. The van der Waals surface area contributed by atoms with Gasteiger partial charge in [-0.15, -0.1) is 5.92 Å². The van der Waals surface area contributed by atoms with Crippen molar-refractivity contribution in [1.29, 1.82) is 0 Å². The van der Waals surface area contributed by atoms with Crippen LogP contribution in [0.5, 0.6) is 5.75 Å². The van der Waals surface area contributed by atoms with Gasteiger partial charge in [-0.25, -0.2) is 4.79 Å². The summed E-state index contributed by atoms with van der Waals surface area (Å²) in [7, 11) is 3.78. The molecule has 4 nitrogen and oxygen atoms in total. The van der Waals surface area contributed by atoms with E-state index in [0.29, 0.717) is 5.92 Å². The summed E-state index contributed by atoms with van der Waals surface area (Å²) in [5, 5.41) is 0. The van der Waals surface area contributed by atoms with Crippen molar-refractivity contribution in [2.75, 3.05) is 27.2 Å². The average Bonchev–Trinajstić information content (AvgIpc) is 2.71. The second-order valence-electron chi connectivity index (χ2n) is 7.88. The molecular weight excluding hydrogens is 393 g/mol. The van der Waals surface area contributed by atoms with Crippen LogP contribution in [0.15, 0.2) is 24.3 Å². The molecule has 7 heteroatoms. The van der Waals surface area contributed by atoms with Crippen molar-refractivity contribution in [3.63, 3.8) is 0 Å². The van der Waals surface area contributed by atoms with Gasteiger partial charge >= 0.3 is 12.3 Å². The standard InChI is InChI=1S/C23H31F3N2O2/c1-4-16-27(2)17-6-5-7-18-8-12-20(13-9-18)28(3)22(29)30-21-14-10-19(11-15-21)23(24,25)26/h10-11,14-15,18,20H,4,6,8-9,12-13,16-17H2,1-3H3. The zero-order valence-electron chi connectivity index (χ0n) is 18.0. The van der Waals surface area contributed by atoms with Crippen LogP contribution in [0.2, 0.25) is 0 Å². The molecule has 0 unspecified atom stereocenters.